The fourth-order valence-corrected chi connectivity index (χ4v) is 14.0. The Bertz CT molecular complexity index is 3680. The topological polar surface area (TPSA) is 141 Å². The van der Waals surface area contributed by atoms with E-state index in [0.29, 0.717) is 16.4 Å². The highest BCUT2D eigenvalue weighted by molar-refractivity contribution is 7.99. The Kier molecular flexibility index (Phi) is 19.4. The molecule has 2 fully saturated rings. The zero-order chi connectivity index (χ0) is 58.9. The van der Waals surface area contributed by atoms with Gasteiger partial charge in [-0.2, -0.15) is 23.5 Å². The maximum absolute atomic E-state index is 13.8. The molecule has 2 saturated carbocycles. The molecule has 2 atom stereocenters. The lowest BCUT2D eigenvalue weighted by Gasteiger charge is -2.24. The lowest BCUT2D eigenvalue weighted by molar-refractivity contribution is -0.139. The zero-order valence-electron chi connectivity index (χ0n) is 47.3. The Hall–Kier alpha value is -6.67. The molecule has 0 bridgehead atoms. The quantitative estimate of drug-likeness (QED) is 0.0462. The maximum atomic E-state index is 13.8. The number of halogens is 3. The van der Waals surface area contributed by atoms with Gasteiger partial charge in [-0.05, 0) is 183 Å². The number of rotatable bonds is 24. The number of pyridine rings is 2. The van der Waals surface area contributed by atoms with Crippen molar-refractivity contribution in [2.75, 3.05) is 11.5 Å². The first-order valence-corrected chi connectivity index (χ1v) is 30.8. The highest BCUT2D eigenvalue weighted by Gasteiger charge is 2.45. The van der Waals surface area contributed by atoms with E-state index in [1.165, 1.54) is 29.3 Å². The van der Waals surface area contributed by atoms with Crippen molar-refractivity contribution in [1.29, 1.82) is 0 Å². The van der Waals surface area contributed by atoms with Crippen molar-refractivity contribution in [1.82, 2.24) is 9.97 Å². The molecule has 6 aromatic carbocycles. The van der Waals surface area contributed by atoms with Gasteiger partial charge < -0.3 is 20.4 Å². The third-order valence-electron chi connectivity index (χ3n) is 15.7. The van der Waals surface area contributed by atoms with Crippen LogP contribution in [0.15, 0.2) is 152 Å². The van der Waals surface area contributed by atoms with Crippen molar-refractivity contribution in [3.05, 3.63) is 224 Å². The van der Waals surface area contributed by atoms with Crippen LogP contribution < -0.4 is 0 Å². The van der Waals surface area contributed by atoms with E-state index in [2.05, 4.69) is 58.5 Å². The second kappa shape index (κ2) is 26.5. The molecule has 430 valence electrons. The van der Waals surface area contributed by atoms with Gasteiger partial charge in [0.05, 0.1) is 51.5 Å². The van der Waals surface area contributed by atoms with Gasteiger partial charge in [0.1, 0.15) is 11.6 Å². The second-order valence-electron chi connectivity index (χ2n) is 23.5. The average Bonchev–Trinajstić information content (AvgIpc) is 4.21. The van der Waals surface area contributed by atoms with E-state index >= 15 is 0 Å². The minimum atomic E-state index is -0.931. The molecule has 0 spiro atoms. The number of hydrogen-bond acceptors (Lipinski definition) is 8. The molecular weight excluding hydrogens is 1100 g/mol. The summed E-state index contributed by atoms with van der Waals surface area (Å²) in [7, 11) is 0. The molecule has 2 aromatic heterocycles. The first-order chi connectivity index (χ1) is 39.6. The van der Waals surface area contributed by atoms with Crippen molar-refractivity contribution in [3.63, 3.8) is 0 Å². The summed E-state index contributed by atoms with van der Waals surface area (Å²) in [6.45, 7) is 7.26. The Morgan fingerprint density at radius 3 is 1.47 bits per heavy atom. The minimum Gasteiger partial charge on any atom is -0.481 e. The zero-order valence-corrected chi connectivity index (χ0v) is 49.7. The molecule has 4 N–H and O–H groups in total. The summed E-state index contributed by atoms with van der Waals surface area (Å²) in [6, 6.07) is 48.1. The SMILES string of the molecule is CC(C)(O)c1ccccc1CC[C@@H](SCC1(CC(=O)O)CC1)c1cccc(/C=C/c2ccc3cc(F)c(Cl)cc3n2)c1.CC(C)(O)c1ccccc1CC[C@@H](SCC1(CC(=O)O)CC1)c1cccc(/C=C/c2ccc3ccc(F)cc3n2)c1. The Labute approximate surface area is 499 Å². The fraction of sp³-hybridized carbons (Fsp3) is 0.314. The predicted molar refractivity (Wildman–Crippen MR) is 337 cm³/mol. The number of carbonyl (C=O) groups is 2. The van der Waals surface area contributed by atoms with Gasteiger partial charge in [-0.1, -0.05) is 133 Å². The van der Waals surface area contributed by atoms with Gasteiger partial charge >= 0.3 is 11.9 Å². The molecule has 83 heavy (non-hydrogen) atoms. The molecule has 2 aliphatic carbocycles. The fourth-order valence-electron chi connectivity index (χ4n) is 10.7. The lowest BCUT2D eigenvalue weighted by Crippen LogP contribution is -2.18. The molecule has 0 saturated heterocycles. The molecule has 0 amide bonds. The van der Waals surface area contributed by atoms with Gasteiger partial charge in [0.2, 0.25) is 0 Å². The van der Waals surface area contributed by atoms with Crippen LogP contribution in [-0.2, 0) is 33.6 Å². The molecule has 13 heteroatoms. The van der Waals surface area contributed by atoms with Crippen LogP contribution in [0.4, 0.5) is 8.78 Å². The minimum absolute atomic E-state index is 0.0499. The van der Waals surface area contributed by atoms with Gasteiger partial charge in [0.15, 0.2) is 0 Å². The Balaban J connectivity index is 0.000000200. The number of aliphatic carboxylic acids is 2. The molecule has 10 rings (SSSR count). The van der Waals surface area contributed by atoms with E-state index in [1.54, 1.807) is 12.1 Å². The van der Waals surface area contributed by atoms with Crippen LogP contribution in [0, 0.1) is 22.5 Å². The number of carboxylic acid groups (broad SMARTS) is 2. The summed E-state index contributed by atoms with van der Waals surface area (Å²) in [6.07, 6.45) is 15.5. The smallest absolute Gasteiger partial charge is 0.303 e. The number of benzene rings is 6. The molecule has 0 aliphatic heterocycles. The van der Waals surface area contributed by atoms with Crippen LogP contribution in [0.5, 0.6) is 0 Å². The van der Waals surface area contributed by atoms with Crippen molar-refractivity contribution in [3.8, 4) is 0 Å². The number of aliphatic hydroxyl groups is 2. The van der Waals surface area contributed by atoms with E-state index in [1.807, 2.05) is 148 Å². The number of aromatic nitrogens is 2. The number of thioether (sulfide) groups is 2. The van der Waals surface area contributed by atoms with Gasteiger partial charge in [-0.3, -0.25) is 9.59 Å². The third-order valence-corrected chi connectivity index (χ3v) is 19.4. The first kappa shape index (κ1) is 60.9. The number of fused-ring (bicyclic) bond motifs is 2. The summed E-state index contributed by atoms with van der Waals surface area (Å²) in [5.41, 5.74) is 9.27. The predicted octanol–water partition coefficient (Wildman–Crippen LogP) is 17.5. The second-order valence-corrected chi connectivity index (χ2v) is 26.3. The molecule has 2 aliphatic rings. The van der Waals surface area contributed by atoms with Crippen molar-refractivity contribution < 1.29 is 38.8 Å². The van der Waals surface area contributed by atoms with Crippen molar-refractivity contribution >= 4 is 93.2 Å². The van der Waals surface area contributed by atoms with E-state index in [0.717, 1.165) is 113 Å². The van der Waals surface area contributed by atoms with Gasteiger partial charge in [-0.25, -0.2) is 18.7 Å². The molecule has 0 unspecified atom stereocenters. The third kappa shape index (κ3) is 17.0. The van der Waals surface area contributed by atoms with E-state index < -0.39 is 29.0 Å². The van der Waals surface area contributed by atoms with Crippen LogP contribution in [0.25, 0.3) is 46.1 Å². The number of hydrogen-bond donors (Lipinski definition) is 4. The van der Waals surface area contributed by atoms with Crippen LogP contribution in [0.3, 0.4) is 0 Å². The number of carboxylic acids is 2. The average molecular weight is 1170 g/mol. The Morgan fingerprint density at radius 1 is 0.566 bits per heavy atom. The Morgan fingerprint density at radius 2 is 1.01 bits per heavy atom. The van der Waals surface area contributed by atoms with Crippen molar-refractivity contribution in [2.45, 2.75) is 114 Å². The van der Waals surface area contributed by atoms with Crippen LogP contribution in [-0.4, -0.2) is 53.8 Å². The van der Waals surface area contributed by atoms with E-state index in [-0.39, 0.29) is 45.0 Å². The molecule has 8 aromatic rings. The molecule has 0 radical (unpaired) electrons. The monoisotopic (exact) mass is 1170 g/mol. The largest absolute Gasteiger partial charge is 0.481 e. The summed E-state index contributed by atoms with van der Waals surface area (Å²) in [5, 5.41) is 42.3. The summed E-state index contributed by atoms with van der Waals surface area (Å²) >= 11 is 9.65. The molecule has 8 nitrogen and oxygen atoms in total. The number of nitrogens with zero attached hydrogens (tertiary/aromatic N) is 2. The molecular formula is C70H71ClF2N2O6S2. The van der Waals surface area contributed by atoms with Crippen LogP contribution in [0.2, 0.25) is 5.02 Å². The lowest BCUT2D eigenvalue weighted by atomic mass is 9.90. The standard InChI is InChI=1S/C35H35ClFNO3S.C35H36FNO3S/c1-34(2,41)28-9-4-3-7-24(28)12-15-32(42-22-35(16-17-35)21-33(39)40)26-8-5-6-23(18-26)10-13-27-14-11-25-19-30(37)29(36)20-31(25)38-27;1-34(2,40)30-9-4-3-7-25(30)13-17-32(41-23-35(18-19-35)22-33(38)39)27-8-5-6-24(20-27)10-15-29-16-12-26-11-14-28(36)21-31(26)37-29/h3-11,13-14,18-20,32,41H,12,15-17,21-22H2,1-2H3,(H,39,40);3-12,14-16,20-21,32,40H,13,17-19,22-23H2,1-2H3,(H,38,39)/b13-10+;15-10+/t2*32-/m11/s1. The summed E-state index contributed by atoms with van der Waals surface area (Å²) in [5.74, 6) is -0.598. The highest BCUT2D eigenvalue weighted by atomic mass is 35.5. The van der Waals surface area contributed by atoms with Crippen molar-refractivity contribution in [2.24, 2.45) is 10.8 Å². The summed E-state index contributed by atoms with van der Waals surface area (Å²) in [4.78, 5) is 32.2. The summed E-state index contributed by atoms with van der Waals surface area (Å²) < 4.78 is 27.5. The first-order valence-electron chi connectivity index (χ1n) is 28.3. The van der Waals surface area contributed by atoms with Gasteiger partial charge in [0.25, 0.3) is 0 Å². The van der Waals surface area contributed by atoms with Crippen LogP contribution >= 0.6 is 35.1 Å². The van der Waals surface area contributed by atoms with Crippen LogP contribution in [0.1, 0.15) is 145 Å². The van der Waals surface area contributed by atoms with Gasteiger partial charge in [-0.15, -0.1) is 0 Å². The van der Waals surface area contributed by atoms with E-state index in [4.69, 9.17) is 11.6 Å². The molecule has 2 heterocycles. The highest BCUT2D eigenvalue weighted by Crippen LogP contribution is 2.54. The van der Waals surface area contributed by atoms with E-state index in [9.17, 15) is 38.8 Å². The van der Waals surface area contributed by atoms with Gasteiger partial charge in [0, 0.05) is 38.8 Å². The number of aryl methyl sites for hydroxylation is 2. The normalized spacial score (nSPS) is 15.3. The maximum Gasteiger partial charge on any atom is 0.303 e.